The van der Waals surface area contributed by atoms with Crippen molar-refractivity contribution in [2.45, 2.75) is 0 Å². The van der Waals surface area contributed by atoms with Gasteiger partial charge in [0.2, 0.25) is 5.88 Å². The van der Waals surface area contributed by atoms with Crippen molar-refractivity contribution < 1.29 is 14.6 Å². The summed E-state index contributed by atoms with van der Waals surface area (Å²) >= 11 is 18.1. The number of carbonyl (C=O) groups excluding carboxylic acids is 1. The number of amides is 1. The minimum atomic E-state index is -0.511. The number of aromatic hydroxyl groups is 1. The van der Waals surface area contributed by atoms with E-state index in [1.54, 1.807) is 18.2 Å². The Bertz CT molecular complexity index is 965. The molecule has 6 nitrogen and oxygen atoms in total. The Labute approximate surface area is 163 Å². The minimum absolute atomic E-state index is 0.0130. The second kappa shape index (κ2) is 7.78. The van der Waals surface area contributed by atoms with Crippen LogP contribution in [0.15, 0.2) is 48.8 Å². The van der Waals surface area contributed by atoms with Gasteiger partial charge in [-0.25, -0.2) is 4.98 Å². The van der Waals surface area contributed by atoms with Crippen LogP contribution >= 0.6 is 34.8 Å². The van der Waals surface area contributed by atoms with E-state index in [0.29, 0.717) is 10.8 Å². The summed E-state index contributed by atoms with van der Waals surface area (Å²) in [5, 5.41) is 12.5. The molecule has 2 aromatic carbocycles. The lowest BCUT2D eigenvalue weighted by Gasteiger charge is -2.11. The molecule has 0 aliphatic carbocycles. The van der Waals surface area contributed by atoms with Crippen LogP contribution in [0.25, 0.3) is 0 Å². The van der Waals surface area contributed by atoms with Crippen molar-refractivity contribution in [3.8, 4) is 17.4 Å². The number of phenolic OH excluding ortho intramolecular Hbond substituents is 1. The highest BCUT2D eigenvalue weighted by Crippen LogP contribution is 2.32. The van der Waals surface area contributed by atoms with Gasteiger partial charge in [-0.15, -0.1) is 0 Å². The molecule has 0 fully saturated rings. The van der Waals surface area contributed by atoms with E-state index < -0.39 is 5.91 Å². The normalized spacial score (nSPS) is 10.4. The van der Waals surface area contributed by atoms with E-state index in [-0.39, 0.29) is 33.1 Å². The number of hydrogen-bond acceptors (Lipinski definition) is 5. The molecular weight excluding hydrogens is 401 g/mol. The predicted octanol–water partition coefficient (Wildman–Crippen LogP) is 5.19. The van der Waals surface area contributed by atoms with Gasteiger partial charge in [0.25, 0.3) is 5.91 Å². The summed E-state index contributed by atoms with van der Waals surface area (Å²) in [7, 11) is 0. The van der Waals surface area contributed by atoms with Gasteiger partial charge in [-0.05, 0) is 42.5 Å². The molecular formula is C17H10Cl3N3O3. The maximum Gasteiger partial charge on any atom is 0.258 e. The molecule has 0 spiro atoms. The predicted molar refractivity (Wildman–Crippen MR) is 99.6 cm³/mol. The van der Waals surface area contributed by atoms with Gasteiger partial charge >= 0.3 is 0 Å². The van der Waals surface area contributed by atoms with Crippen molar-refractivity contribution in [2.75, 3.05) is 5.32 Å². The Morgan fingerprint density at radius 3 is 2.46 bits per heavy atom. The Morgan fingerprint density at radius 2 is 1.77 bits per heavy atom. The molecule has 0 saturated carbocycles. The third kappa shape index (κ3) is 4.16. The summed E-state index contributed by atoms with van der Waals surface area (Å²) in [5.74, 6) is 0.0968. The molecule has 0 unspecified atom stereocenters. The lowest BCUT2D eigenvalue weighted by Crippen LogP contribution is -2.14. The first kappa shape index (κ1) is 18.3. The van der Waals surface area contributed by atoms with E-state index in [9.17, 15) is 9.90 Å². The molecule has 0 radical (unpaired) electrons. The van der Waals surface area contributed by atoms with E-state index in [1.165, 1.54) is 30.6 Å². The van der Waals surface area contributed by atoms with E-state index in [2.05, 4.69) is 15.3 Å². The van der Waals surface area contributed by atoms with Crippen molar-refractivity contribution >= 4 is 46.5 Å². The van der Waals surface area contributed by atoms with Gasteiger partial charge in [-0.1, -0.05) is 34.8 Å². The van der Waals surface area contributed by atoms with Gasteiger partial charge in [-0.2, -0.15) is 4.98 Å². The van der Waals surface area contributed by atoms with Crippen LogP contribution in [0.4, 0.5) is 5.82 Å². The zero-order chi connectivity index (χ0) is 18.7. The van der Waals surface area contributed by atoms with Gasteiger partial charge < -0.3 is 15.2 Å². The summed E-state index contributed by atoms with van der Waals surface area (Å²) in [6, 6.07) is 10.5. The number of phenols is 1. The second-order valence-electron chi connectivity index (χ2n) is 5.02. The molecule has 0 aliphatic heterocycles. The van der Waals surface area contributed by atoms with Crippen LogP contribution in [0.1, 0.15) is 10.4 Å². The SMILES string of the molecule is O=C(Nc1ncnc(Oc2ccc(O)cc2)c1Cl)c1ccc(Cl)cc1Cl. The number of hydrogen-bond donors (Lipinski definition) is 2. The minimum Gasteiger partial charge on any atom is -0.508 e. The van der Waals surface area contributed by atoms with E-state index in [1.807, 2.05) is 0 Å². The first-order chi connectivity index (χ1) is 12.4. The molecule has 0 bridgehead atoms. The fraction of sp³-hybridized carbons (Fsp3) is 0. The standard InChI is InChI=1S/C17H10Cl3N3O3/c18-9-1-6-12(13(19)7-9)16(25)23-15-14(20)17(22-8-21-15)26-11-4-2-10(24)3-5-11/h1-8,24H,(H,21,22,23,25). The number of carbonyl (C=O) groups is 1. The maximum atomic E-state index is 12.4. The first-order valence-electron chi connectivity index (χ1n) is 7.18. The molecule has 26 heavy (non-hydrogen) atoms. The van der Waals surface area contributed by atoms with Gasteiger partial charge in [0, 0.05) is 5.02 Å². The van der Waals surface area contributed by atoms with Crippen LogP contribution in [0.3, 0.4) is 0 Å². The third-order valence-corrected chi connectivity index (χ3v) is 4.10. The largest absolute Gasteiger partial charge is 0.508 e. The molecule has 2 N–H and O–H groups in total. The zero-order valence-electron chi connectivity index (χ0n) is 12.9. The highest BCUT2D eigenvalue weighted by Gasteiger charge is 2.17. The highest BCUT2D eigenvalue weighted by atomic mass is 35.5. The number of anilines is 1. The van der Waals surface area contributed by atoms with Crippen LogP contribution in [0.5, 0.6) is 17.4 Å². The summed E-state index contributed by atoms with van der Waals surface area (Å²) in [4.78, 5) is 20.3. The van der Waals surface area contributed by atoms with Crippen molar-refractivity contribution in [1.82, 2.24) is 9.97 Å². The Kier molecular flexibility index (Phi) is 5.46. The van der Waals surface area contributed by atoms with Crippen LogP contribution < -0.4 is 10.1 Å². The second-order valence-corrected chi connectivity index (χ2v) is 6.24. The van der Waals surface area contributed by atoms with E-state index >= 15 is 0 Å². The van der Waals surface area contributed by atoms with E-state index in [0.717, 1.165) is 0 Å². The molecule has 0 aliphatic rings. The number of nitrogens with one attached hydrogen (secondary N) is 1. The third-order valence-electron chi connectivity index (χ3n) is 3.22. The fourth-order valence-electron chi connectivity index (χ4n) is 1.99. The Morgan fingerprint density at radius 1 is 1.04 bits per heavy atom. The summed E-state index contributed by atoms with van der Waals surface area (Å²) in [6.45, 7) is 0. The Hall–Kier alpha value is -2.54. The van der Waals surface area contributed by atoms with Crippen molar-refractivity contribution in [2.24, 2.45) is 0 Å². The number of ether oxygens (including phenoxy) is 1. The van der Waals surface area contributed by atoms with Crippen LogP contribution in [0.2, 0.25) is 15.1 Å². The number of nitrogens with zero attached hydrogens (tertiary/aromatic N) is 2. The van der Waals surface area contributed by atoms with Gasteiger partial charge in [-0.3, -0.25) is 4.79 Å². The molecule has 3 rings (SSSR count). The number of benzene rings is 2. The highest BCUT2D eigenvalue weighted by molar-refractivity contribution is 6.38. The summed E-state index contributed by atoms with van der Waals surface area (Å²) in [5.41, 5.74) is 0.215. The van der Waals surface area contributed by atoms with Gasteiger partial charge in [0.1, 0.15) is 22.8 Å². The molecule has 3 aromatic rings. The van der Waals surface area contributed by atoms with Gasteiger partial charge in [0.05, 0.1) is 10.6 Å². The molecule has 0 atom stereocenters. The maximum absolute atomic E-state index is 12.4. The number of aromatic nitrogens is 2. The topological polar surface area (TPSA) is 84.3 Å². The van der Waals surface area contributed by atoms with Crippen LogP contribution in [-0.2, 0) is 0 Å². The first-order valence-corrected chi connectivity index (χ1v) is 8.31. The molecule has 1 aromatic heterocycles. The van der Waals surface area contributed by atoms with Crippen molar-refractivity contribution in [3.63, 3.8) is 0 Å². The molecule has 0 saturated heterocycles. The Balaban J connectivity index is 1.82. The summed E-state index contributed by atoms with van der Waals surface area (Å²) < 4.78 is 5.54. The molecule has 1 heterocycles. The average Bonchev–Trinajstić information content (AvgIpc) is 2.60. The molecule has 132 valence electrons. The lowest BCUT2D eigenvalue weighted by molar-refractivity contribution is 0.102. The van der Waals surface area contributed by atoms with Crippen LogP contribution in [0, 0.1) is 0 Å². The zero-order valence-corrected chi connectivity index (χ0v) is 15.2. The van der Waals surface area contributed by atoms with Crippen LogP contribution in [-0.4, -0.2) is 21.0 Å². The quantitative estimate of drug-likeness (QED) is 0.618. The lowest BCUT2D eigenvalue weighted by atomic mass is 10.2. The average molecular weight is 411 g/mol. The fourth-order valence-corrected chi connectivity index (χ4v) is 2.66. The number of rotatable bonds is 4. The monoisotopic (exact) mass is 409 g/mol. The van der Waals surface area contributed by atoms with Crippen molar-refractivity contribution in [1.29, 1.82) is 0 Å². The van der Waals surface area contributed by atoms with E-state index in [4.69, 9.17) is 39.5 Å². The van der Waals surface area contributed by atoms with Gasteiger partial charge in [0.15, 0.2) is 5.82 Å². The molecule has 1 amide bonds. The summed E-state index contributed by atoms with van der Waals surface area (Å²) in [6.07, 6.45) is 1.20. The smallest absolute Gasteiger partial charge is 0.258 e. The number of halogens is 3. The van der Waals surface area contributed by atoms with Crippen molar-refractivity contribution in [3.05, 3.63) is 69.4 Å². The molecule has 9 heteroatoms.